The Morgan fingerprint density at radius 2 is 2.21 bits per heavy atom. The molecular formula is C9H14ClNO3. The molecule has 1 unspecified atom stereocenters. The molecule has 0 aromatic heterocycles. The Labute approximate surface area is 87.9 Å². The Morgan fingerprint density at radius 1 is 1.64 bits per heavy atom. The molecule has 0 saturated heterocycles. The van der Waals surface area contributed by atoms with E-state index in [0.717, 1.165) is 37.5 Å². The van der Waals surface area contributed by atoms with Gasteiger partial charge in [-0.15, -0.1) is 11.6 Å². The van der Waals surface area contributed by atoms with Gasteiger partial charge in [-0.25, -0.2) is 4.79 Å². The smallest absolute Gasteiger partial charge is 0.327 e. The molecule has 1 rings (SSSR count). The maximum Gasteiger partial charge on any atom is 0.327 e. The van der Waals surface area contributed by atoms with Crippen molar-refractivity contribution in [2.75, 3.05) is 0 Å². The summed E-state index contributed by atoms with van der Waals surface area (Å²) in [6, 6.07) is 0. The summed E-state index contributed by atoms with van der Waals surface area (Å²) in [5.41, 5.74) is 0.753. The Balaban J connectivity index is 0.000000292. The molecular weight excluding hydrogens is 206 g/mol. The van der Waals surface area contributed by atoms with E-state index in [0.29, 0.717) is 0 Å². The van der Waals surface area contributed by atoms with Crippen LogP contribution in [0.2, 0.25) is 0 Å². The Hall–Kier alpha value is -1.03. The van der Waals surface area contributed by atoms with E-state index in [4.69, 9.17) is 21.9 Å². The van der Waals surface area contributed by atoms with Crippen LogP contribution in [-0.2, 0) is 4.79 Å². The predicted octanol–water partition coefficient (Wildman–Crippen LogP) is 2.25. The van der Waals surface area contributed by atoms with Gasteiger partial charge < -0.3 is 10.3 Å². The molecule has 1 aliphatic rings. The molecule has 0 aromatic rings. The van der Waals surface area contributed by atoms with Gasteiger partial charge in [0.05, 0.1) is 11.1 Å². The van der Waals surface area contributed by atoms with Gasteiger partial charge in [-0.05, 0) is 19.3 Å². The van der Waals surface area contributed by atoms with E-state index in [1.165, 1.54) is 0 Å². The third-order valence-electron chi connectivity index (χ3n) is 1.81. The number of nitrogens with zero attached hydrogens (tertiary/aromatic N) is 1. The normalized spacial score (nSPS) is 23.5. The van der Waals surface area contributed by atoms with Gasteiger partial charge in [0.1, 0.15) is 0 Å². The number of carboxylic acids is 1. The summed E-state index contributed by atoms with van der Waals surface area (Å²) in [6.07, 6.45) is 4.93. The number of carbonyl (C=O) groups is 1. The highest BCUT2D eigenvalue weighted by Crippen LogP contribution is 2.19. The van der Waals surface area contributed by atoms with E-state index in [9.17, 15) is 4.79 Å². The second-order valence-corrected chi connectivity index (χ2v) is 3.37. The first-order chi connectivity index (χ1) is 6.61. The van der Waals surface area contributed by atoms with Crippen molar-refractivity contribution in [2.24, 2.45) is 5.16 Å². The third kappa shape index (κ3) is 5.59. The quantitative estimate of drug-likeness (QED) is 0.308. The molecule has 0 radical (unpaired) electrons. The van der Waals surface area contributed by atoms with Crippen LogP contribution in [0.1, 0.15) is 25.7 Å². The lowest BCUT2D eigenvalue weighted by atomic mass is 9.98. The average molecular weight is 220 g/mol. The number of alkyl halides is 1. The van der Waals surface area contributed by atoms with Gasteiger partial charge in [0.25, 0.3) is 0 Å². The first-order valence-corrected chi connectivity index (χ1v) is 4.75. The fourth-order valence-corrected chi connectivity index (χ4v) is 1.37. The van der Waals surface area contributed by atoms with Gasteiger partial charge in [0.2, 0.25) is 0 Å². The number of oxime groups is 1. The third-order valence-corrected chi connectivity index (χ3v) is 2.28. The zero-order valence-corrected chi connectivity index (χ0v) is 8.57. The number of aliphatic carboxylic acids is 1. The van der Waals surface area contributed by atoms with Crippen LogP contribution in [0.4, 0.5) is 0 Å². The lowest BCUT2D eigenvalue weighted by molar-refractivity contribution is -0.131. The van der Waals surface area contributed by atoms with Crippen molar-refractivity contribution < 1.29 is 15.1 Å². The summed E-state index contributed by atoms with van der Waals surface area (Å²) in [7, 11) is 0. The van der Waals surface area contributed by atoms with Crippen LogP contribution < -0.4 is 0 Å². The highest BCUT2D eigenvalue weighted by molar-refractivity contribution is 6.32. The van der Waals surface area contributed by atoms with Crippen LogP contribution in [-0.4, -0.2) is 27.4 Å². The molecule has 0 spiro atoms. The number of hydrogen-bond acceptors (Lipinski definition) is 3. The van der Waals surface area contributed by atoms with E-state index in [2.05, 4.69) is 11.7 Å². The van der Waals surface area contributed by atoms with Crippen LogP contribution in [0.25, 0.3) is 0 Å². The second-order valence-electron chi connectivity index (χ2n) is 2.85. The van der Waals surface area contributed by atoms with Crippen molar-refractivity contribution in [3.63, 3.8) is 0 Å². The molecule has 4 nitrogen and oxygen atoms in total. The summed E-state index contributed by atoms with van der Waals surface area (Å²) in [5, 5.41) is 19.1. The molecule has 0 amide bonds. The van der Waals surface area contributed by atoms with Crippen molar-refractivity contribution >= 4 is 23.3 Å². The number of halogens is 1. The van der Waals surface area contributed by atoms with E-state index < -0.39 is 5.97 Å². The van der Waals surface area contributed by atoms with E-state index in [-0.39, 0.29) is 5.38 Å². The lowest BCUT2D eigenvalue weighted by Crippen LogP contribution is -2.18. The lowest BCUT2D eigenvalue weighted by Gasteiger charge is -2.15. The van der Waals surface area contributed by atoms with Crippen molar-refractivity contribution in [1.29, 1.82) is 0 Å². The van der Waals surface area contributed by atoms with E-state index >= 15 is 0 Å². The molecule has 1 atom stereocenters. The van der Waals surface area contributed by atoms with E-state index in [1.54, 1.807) is 0 Å². The van der Waals surface area contributed by atoms with Crippen LogP contribution >= 0.6 is 11.6 Å². The molecule has 1 saturated carbocycles. The average Bonchev–Trinajstić information content (AvgIpc) is 2.19. The Morgan fingerprint density at radius 3 is 2.50 bits per heavy atom. The van der Waals surface area contributed by atoms with Gasteiger partial charge in [-0.1, -0.05) is 18.2 Å². The fourth-order valence-electron chi connectivity index (χ4n) is 1.07. The molecule has 5 heteroatoms. The number of carboxylic acid groups (broad SMARTS) is 1. The molecule has 0 bridgehead atoms. The second kappa shape index (κ2) is 7.38. The molecule has 1 fully saturated rings. The minimum Gasteiger partial charge on any atom is -0.478 e. The minimum atomic E-state index is -0.981. The fraction of sp³-hybridized carbons (Fsp3) is 0.556. The summed E-state index contributed by atoms with van der Waals surface area (Å²) >= 11 is 5.79. The first-order valence-electron chi connectivity index (χ1n) is 4.32. The Kier molecular flexibility index (Phi) is 6.84. The summed E-state index contributed by atoms with van der Waals surface area (Å²) in [6.45, 7) is 2.96. The zero-order chi connectivity index (χ0) is 11.0. The molecule has 0 aliphatic heterocycles. The van der Waals surface area contributed by atoms with Crippen LogP contribution in [0.5, 0.6) is 0 Å². The van der Waals surface area contributed by atoms with Crippen molar-refractivity contribution in [3.05, 3.63) is 12.7 Å². The monoisotopic (exact) mass is 219 g/mol. The number of hydrogen-bond donors (Lipinski definition) is 2. The maximum absolute atomic E-state index is 9.25. The molecule has 1 aliphatic carbocycles. The van der Waals surface area contributed by atoms with Gasteiger partial charge >= 0.3 is 5.97 Å². The summed E-state index contributed by atoms with van der Waals surface area (Å²) in [4.78, 5) is 9.25. The minimum absolute atomic E-state index is 0.0104. The van der Waals surface area contributed by atoms with Crippen molar-refractivity contribution in [1.82, 2.24) is 0 Å². The van der Waals surface area contributed by atoms with Crippen LogP contribution in [0.15, 0.2) is 17.8 Å². The number of rotatable bonds is 1. The highest BCUT2D eigenvalue weighted by atomic mass is 35.5. The van der Waals surface area contributed by atoms with Crippen molar-refractivity contribution in [2.45, 2.75) is 31.1 Å². The SMILES string of the molecule is C=CC(=O)O.ON=C1CCCCC1Cl. The van der Waals surface area contributed by atoms with Crippen molar-refractivity contribution in [3.8, 4) is 0 Å². The first kappa shape index (κ1) is 13.0. The molecule has 2 N–H and O–H groups in total. The molecule has 0 aromatic carbocycles. The summed E-state index contributed by atoms with van der Waals surface area (Å²) in [5.74, 6) is -0.981. The van der Waals surface area contributed by atoms with Crippen LogP contribution in [0, 0.1) is 0 Å². The molecule has 80 valence electrons. The zero-order valence-electron chi connectivity index (χ0n) is 7.82. The van der Waals surface area contributed by atoms with Gasteiger partial charge in [0.15, 0.2) is 0 Å². The van der Waals surface area contributed by atoms with Gasteiger partial charge in [0, 0.05) is 6.08 Å². The molecule has 14 heavy (non-hydrogen) atoms. The Bertz CT molecular complexity index is 228. The highest BCUT2D eigenvalue weighted by Gasteiger charge is 2.17. The largest absolute Gasteiger partial charge is 0.478 e. The maximum atomic E-state index is 9.25. The topological polar surface area (TPSA) is 69.9 Å². The van der Waals surface area contributed by atoms with Crippen LogP contribution in [0.3, 0.4) is 0 Å². The summed E-state index contributed by atoms with van der Waals surface area (Å²) < 4.78 is 0. The predicted molar refractivity (Wildman–Crippen MR) is 55.2 cm³/mol. The van der Waals surface area contributed by atoms with E-state index in [1.807, 2.05) is 0 Å². The molecule has 0 heterocycles. The van der Waals surface area contributed by atoms with Gasteiger partial charge in [-0.3, -0.25) is 0 Å². The standard InChI is InChI=1S/C6H10ClNO.C3H4O2/c7-5-3-1-2-4-6(5)8-9;1-2-3(4)5/h5,9H,1-4H2;2H,1H2,(H,4,5). The van der Waals surface area contributed by atoms with Gasteiger partial charge in [-0.2, -0.15) is 0 Å².